The Morgan fingerprint density at radius 2 is 1.47 bits per heavy atom. The molecule has 1 saturated carbocycles. The van der Waals surface area contributed by atoms with Gasteiger partial charge in [-0.15, -0.1) is 0 Å². The minimum absolute atomic E-state index is 0.156. The predicted octanol–water partition coefficient (Wildman–Crippen LogP) is 3.65. The molecule has 0 aromatic rings. The van der Waals surface area contributed by atoms with Crippen LogP contribution in [0.15, 0.2) is 4.99 Å². The highest BCUT2D eigenvalue weighted by molar-refractivity contribution is 6.01. The minimum atomic E-state index is -0.805. The molecule has 3 N–H and O–H groups in total. The summed E-state index contributed by atoms with van der Waals surface area (Å²) in [6.07, 6.45) is 1.68. The molecular formula is C25H44N4O7. The van der Waals surface area contributed by atoms with E-state index in [-0.39, 0.29) is 29.8 Å². The van der Waals surface area contributed by atoms with Crippen molar-refractivity contribution in [1.82, 2.24) is 16.0 Å². The van der Waals surface area contributed by atoms with Crippen molar-refractivity contribution in [3.63, 3.8) is 0 Å². The third-order valence-corrected chi connectivity index (χ3v) is 5.42. The Morgan fingerprint density at radius 1 is 0.944 bits per heavy atom. The third-order valence-electron chi connectivity index (χ3n) is 5.42. The number of amides is 3. The molecule has 36 heavy (non-hydrogen) atoms. The van der Waals surface area contributed by atoms with Gasteiger partial charge in [-0.2, -0.15) is 0 Å². The van der Waals surface area contributed by atoms with E-state index in [1.165, 1.54) is 14.0 Å². The first-order valence-corrected chi connectivity index (χ1v) is 12.5. The average Bonchev–Trinajstić information content (AvgIpc) is 3.10. The summed E-state index contributed by atoms with van der Waals surface area (Å²) in [7, 11) is 1.33. The second kappa shape index (κ2) is 13.5. The quantitative estimate of drug-likeness (QED) is 0.204. The van der Waals surface area contributed by atoms with Crippen LogP contribution in [0.1, 0.15) is 87.5 Å². The summed E-state index contributed by atoms with van der Waals surface area (Å²) < 4.78 is 15.6. The highest BCUT2D eigenvalue weighted by Gasteiger charge is 2.43. The fourth-order valence-corrected chi connectivity index (χ4v) is 4.13. The summed E-state index contributed by atoms with van der Waals surface area (Å²) in [5.41, 5.74) is -1.55. The lowest BCUT2D eigenvalue weighted by molar-refractivity contribution is -0.145. The van der Waals surface area contributed by atoms with Gasteiger partial charge in [0.05, 0.1) is 19.1 Å². The molecule has 0 saturated heterocycles. The Balaban J connectivity index is 3.35. The molecule has 0 heterocycles. The summed E-state index contributed by atoms with van der Waals surface area (Å²) in [6.45, 7) is 13.8. The Kier molecular flexibility index (Phi) is 11.7. The van der Waals surface area contributed by atoms with Gasteiger partial charge >= 0.3 is 18.2 Å². The number of nitrogens with one attached hydrogen (secondary N) is 3. The van der Waals surface area contributed by atoms with Gasteiger partial charge < -0.3 is 19.5 Å². The standard InChI is InChI=1S/C25H44N4O7/c1-10-11-12-18(26-15(2)30)17-13-16(20(31)34-9)14-19(17)27-21(28-22(32)35-24(3,4)5)29-23(33)36-25(6,7)8/h16-19H,10-14H2,1-9H3,(H,26,30)(H2,27,28,29,32,33)/t16-,17?,18-,19-/m1/s1. The molecule has 0 spiro atoms. The number of carbonyl (C=O) groups is 4. The van der Waals surface area contributed by atoms with Gasteiger partial charge in [-0.3, -0.25) is 20.2 Å². The maximum atomic E-state index is 12.5. The molecule has 3 amide bonds. The number of alkyl carbamates (subject to hydrolysis) is 2. The second-order valence-corrected chi connectivity index (χ2v) is 11.1. The van der Waals surface area contributed by atoms with E-state index >= 15 is 0 Å². The molecule has 1 unspecified atom stereocenters. The summed E-state index contributed by atoms with van der Waals surface area (Å²) in [4.78, 5) is 53.9. The van der Waals surface area contributed by atoms with E-state index in [1.807, 2.05) is 0 Å². The van der Waals surface area contributed by atoms with Crippen molar-refractivity contribution in [2.75, 3.05) is 7.11 Å². The van der Waals surface area contributed by atoms with E-state index in [1.54, 1.807) is 41.5 Å². The number of hydrogen-bond donors (Lipinski definition) is 3. The van der Waals surface area contributed by atoms with Crippen LogP contribution in [0.3, 0.4) is 0 Å². The van der Waals surface area contributed by atoms with E-state index in [4.69, 9.17) is 14.2 Å². The molecule has 0 aromatic carbocycles. The molecule has 1 rings (SSSR count). The molecule has 1 aliphatic carbocycles. The van der Waals surface area contributed by atoms with Gasteiger partial charge in [-0.1, -0.05) is 19.8 Å². The number of carbonyl (C=O) groups excluding carboxylic acids is 4. The maximum absolute atomic E-state index is 12.5. The Hall–Kier alpha value is -2.85. The largest absolute Gasteiger partial charge is 0.469 e. The average molecular weight is 513 g/mol. The van der Waals surface area contributed by atoms with Crippen molar-refractivity contribution >= 4 is 30.0 Å². The Morgan fingerprint density at radius 3 is 1.89 bits per heavy atom. The third kappa shape index (κ3) is 11.7. The summed E-state index contributed by atoms with van der Waals surface area (Å²) in [5, 5.41) is 7.98. The van der Waals surface area contributed by atoms with Gasteiger partial charge in [0, 0.05) is 18.9 Å². The van der Waals surface area contributed by atoms with Crippen LogP contribution in [0.25, 0.3) is 0 Å². The zero-order valence-corrected chi connectivity index (χ0v) is 23.1. The number of unbranched alkanes of at least 4 members (excludes halogenated alkanes) is 1. The first-order valence-electron chi connectivity index (χ1n) is 12.5. The predicted molar refractivity (Wildman–Crippen MR) is 135 cm³/mol. The lowest BCUT2D eigenvalue weighted by Crippen LogP contribution is -2.48. The highest BCUT2D eigenvalue weighted by Crippen LogP contribution is 2.38. The topological polar surface area (TPSA) is 144 Å². The highest BCUT2D eigenvalue weighted by atomic mass is 16.6. The molecule has 1 fully saturated rings. The van der Waals surface area contributed by atoms with E-state index in [9.17, 15) is 19.2 Å². The number of guanidine groups is 1. The first-order chi connectivity index (χ1) is 16.5. The van der Waals surface area contributed by atoms with Gasteiger partial charge in [-0.05, 0) is 60.8 Å². The van der Waals surface area contributed by atoms with Crippen LogP contribution in [0.5, 0.6) is 0 Å². The molecule has 0 bridgehead atoms. The van der Waals surface area contributed by atoms with Crippen LogP contribution in [0.2, 0.25) is 0 Å². The van der Waals surface area contributed by atoms with Crippen molar-refractivity contribution in [3.05, 3.63) is 0 Å². The zero-order chi connectivity index (χ0) is 27.7. The van der Waals surface area contributed by atoms with Crippen molar-refractivity contribution in [1.29, 1.82) is 0 Å². The number of esters is 1. The van der Waals surface area contributed by atoms with Crippen molar-refractivity contribution in [3.8, 4) is 0 Å². The van der Waals surface area contributed by atoms with Crippen molar-refractivity contribution < 1.29 is 33.4 Å². The van der Waals surface area contributed by atoms with E-state index in [2.05, 4.69) is 27.9 Å². The molecule has 11 heteroatoms. The van der Waals surface area contributed by atoms with Gasteiger partial charge in [0.15, 0.2) is 0 Å². The van der Waals surface area contributed by atoms with Crippen molar-refractivity contribution in [2.45, 2.75) is 111 Å². The SMILES string of the molecule is CCCC[C@@H](NC(C)=O)C1C[C@@H](C(=O)OC)C[C@H]1N=C(NC(=O)OC(C)(C)C)NC(=O)OC(C)(C)C. The molecule has 11 nitrogen and oxygen atoms in total. The number of aliphatic imine (C=N–C) groups is 1. The molecule has 1 aliphatic rings. The maximum Gasteiger partial charge on any atom is 0.414 e. The molecule has 0 radical (unpaired) electrons. The number of nitrogens with zero attached hydrogens (tertiary/aromatic N) is 1. The number of ether oxygens (including phenoxy) is 3. The molecule has 0 aromatic heterocycles. The summed E-state index contributed by atoms with van der Waals surface area (Å²) >= 11 is 0. The molecule has 206 valence electrons. The lowest BCUT2D eigenvalue weighted by atomic mass is 9.90. The summed E-state index contributed by atoms with van der Waals surface area (Å²) in [6, 6.07) is -0.738. The fourth-order valence-electron chi connectivity index (χ4n) is 4.13. The Bertz CT molecular complexity index is 782. The smallest absolute Gasteiger partial charge is 0.414 e. The van der Waals surface area contributed by atoms with Crippen LogP contribution in [-0.2, 0) is 23.8 Å². The molecular weight excluding hydrogens is 468 g/mol. The van der Waals surface area contributed by atoms with E-state index in [0.29, 0.717) is 19.3 Å². The van der Waals surface area contributed by atoms with E-state index in [0.717, 1.165) is 12.8 Å². The van der Waals surface area contributed by atoms with Gasteiger partial charge in [0.2, 0.25) is 11.9 Å². The van der Waals surface area contributed by atoms with Gasteiger partial charge in [0.1, 0.15) is 11.2 Å². The van der Waals surface area contributed by atoms with Crippen LogP contribution in [0, 0.1) is 11.8 Å². The van der Waals surface area contributed by atoms with E-state index < -0.39 is 35.3 Å². The van der Waals surface area contributed by atoms with Crippen LogP contribution in [-0.4, -0.2) is 60.4 Å². The fraction of sp³-hybridized carbons (Fsp3) is 0.800. The minimum Gasteiger partial charge on any atom is -0.469 e. The van der Waals surface area contributed by atoms with Crippen LogP contribution >= 0.6 is 0 Å². The lowest BCUT2D eigenvalue weighted by Gasteiger charge is -2.28. The number of rotatable bonds is 7. The van der Waals surface area contributed by atoms with Gasteiger partial charge in [-0.25, -0.2) is 14.6 Å². The van der Waals surface area contributed by atoms with Gasteiger partial charge in [0.25, 0.3) is 0 Å². The summed E-state index contributed by atoms with van der Waals surface area (Å²) in [5.74, 6) is -1.36. The number of hydrogen-bond acceptors (Lipinski definition) is 8. The second-order valence-electron chi connectivity index (χ2n) is 11.1. The zero-order valence-electron chi connectivity index (χ0n) is 23.1. The Labute approximate surface area is 214 Å². The normalized spacial score (nSPS) is 20.5. The number of methoxy groups -OCH3 is 1. The van der Waals surface area contributed by atoms with Crippen LogP contribution in [0.4, 0.5) is 9.59 Å². The van der Waals surface area contributed by atoms with Crippen molar-refractivity contribution in [2.24, 2.45) is 16.8 Å². The molecule has 0 aliphatic heterocycles. The first kappa shape index (κ1) is 31.2. The monoisotopic (exact) mass is 512 g/mol. The molecule has 4 atom stereocenters. The van der Waals surface area contributed by atoms with Crippen LogP contribution < -0.4 is 16.0 Å².